The Hall–Kier alpha value is -2.39. The predicted molar refractivity (Wildman–Crippen MR) is 109 cm³/mol. The van der Waals surface area contributed by atoms with Crippen LogP contribution in [0.2, 0.25) is 0 Å². The summed E-state index contributed by atoms with van der Waals surface area (Å²) in [6, 6.07) is 4.38. The van der Waals surface area contributed by atoms with Crippen LogP contribution >= 0.6 is 11.3 Å². The molecule has 0 aliphatic carbocycles. The van der Waals surface area contributed by atoms with Crippen molar-refractivity contribution in [2.45, 2.75) is 38.8 Å². The number of anilines is 1. The molecular formula is C21H22F3N3O2S. The average Bonchev–Trinajstić information content (AvgIpc) is 3.21. The van der Waals surface area contributed by atoms with Crippen molar-refractivity contribution in [3.05, 3.63) is 40.5 Å². The molecule has 0 radical (unpaired) electrons. The van der Waals surface area contributed by atoms with Gasteiger partial charge in [0, 0.05) is 29.4 Å². The lowest BCUT2D eigenvalue weighted by Crippen LogP contribution is -2.62. The van der Waals surface area contributed by atoms with Crippen LogP contribution in [0.15, 0.2) is 18.2 Å². The first-order chi connectivity index (χ1) is 14.3. The van der Waals surface area contributed by atoms with Gasteiger partial charge in [-0.1, -0.05) is 0 Å². The normalized spacial score (nSPS) is 25.2. The molecule has 3 aliphatic heterocycles. The maximum Gasteiger partial charge on any atom is 0.261 e. The van der Waals surface area contributed by atoms with Crippen LogP contribution in [0, 0.1) is 23.4 Å². The quantitative estimate of drug-likeness (QED) is 0.711. The number of carbonyl (C=O) groups excluding carboxylic acids is 2. The molecule has 0 spiro atoms. The lowest BCUT2D eigenvalue weighted by atomic mass is 9.79. The van der Waals surface area contributed by atoms with Gasteiger partial charge in [-0.05, 0) is 57.0 Å². The van der Waals surface area contributed by atoms with E-state index in [1.807, 2.05) is 0 Å². The van der Waals surface area contributed by atoms with E-state index >= 15 is 0 Å². The number of carbonyl (C=O) groups is 2. The summed E-state index contributed by atoms with van der Waals surface area (Å²) in [5, 5.41) is 5.25. The molecule has 3 fully saturated rings. The van der Waals surface area contributed by atoms with Gasteiger partial charge in [-0.2, -0.15) is 0 Å². The van der Waals surface area contributed by atoms with Crippen molar-refractivity contribution < 1.29 is 22.8 Å². The van der Waals surface area contributed by atoms with Crippen molar-refractivity contribution in [3.63, 3.8) is 0 Å². The number of piperidine rings is 3. The Kier molecular flexibility index (Phi) is 5.59. The van der Waals surface area contributed by atoms with E-state index in [-0.39, 0.29) is 28.4 Å². The molecule has 2 amide bonds. The number of hydrogen-bond donors (Lipinski definition) is 2. The summed E-state index contributed by atoms with van der Waals surface area (Å²) in [7, 11) is 0. The van der Waals surface area contributed by atoms with Crippen molar-refractivity contribution in [2.24, 2.45) is 5.92 Å². The van der Waals surface area contributed by atoms with E-state index in [0.29, 0.717) is 10.8 Å². The van der Waals surface area contributed by atoms with E-state index in [0.717, 1.165) is 50.3 Å². The third kappa shape index (κ3) is 3.72. The Morgan fingerprint density at radius 1 is 1.10 bits per heavy atom. The van der Waals surface area contributed by atoms with Crippen LogP contribution in [0.5, 0.6) is 0 Å². The minimum absolute atomic E-state index is 0.0527. The maximum atomic E-state index is 14.4. The highest BCUT2D eigenvalue weighted by Gasteiger charge is 2.40. The highest BCUT2D eigenvalue weighted by atomic mass is 32.1. The third-order valence-corrected chi connectivity index (χ3v) is 7.15. The highest BCUT2D eigenvalue weighted by molar-refractivity contribution is 7.17. The van der Waals surface area contributed by atoms with Crippen LogP contribution in [0.3, 0.4) is 0 Å². The van der Waals surface area contributed by atoms with Crippen LogP contribution in [0.1, 0.15) is 36.4 Å². The summed E-state index contributed by atoms with van der Waals surface area (Å²) in [6.07, 6.45) is 2.11. The van der Waals surface area contributed by atoms with E-state index in [1.54, 1.807) is 6.07 Å². The van der Waals surface area contributed by atoms with Crippen molar-refractivity contribution in [1.82, 2.24) is 10.2 Å². The summed E-state index contributed by atoms with van der Waals surface area (Å²) in [5.74, 6) is -4.92. The molecule has 4 heterocycles. The minimum atomic E-state index is -1.67. The molecule has 2 aromatic rings. The van der Waals surface area contributed by atoms with Gasteiger partial charge in [0.1, 0.15) is 0 Å². The molecule has 5 rings (SSSR count). The van der Waals surface area contributed by atoms with E-state index in [9.17, 15) is 22.8 Å². The lowest BCUT2D eigenvalue weighted by Gasteiger charge is -2.49. The van der Waals surface area contributed by atoms with Gasteiger partial charge in [-0.3, -0.25) is 14.5 Å². The summed E-state index contributed by atoms with van der Waals surface area (Å²) >= 11 is 0.993. The minimum Gasteiger partial charge on any atom is -0.347 e. The number of rotatable bonds is 4. The zero-order chi connectivity index (χ0) is 21.6. The number of nitrogens with zero attached hydrogens (tertiary/aromatic N) is 1. The van der Waals surface area contributed by atoms with E-state index in [4.69, 9.17) is 0 Å². The Morgan fingerprint density at radius 3 is 2.43 bits per heavy atom. The molecule has 1 aromatic carbocycles. The fourth-order valence-corrected chi connectivity index (χ4v) is 5.36. The zero-order valence-corrected chi connectivity index (χ0v) is 17.4. The van der Waals surface area contributed by atoms with Crippen molar-refractivity contribution in [3.8, 4) is 10.4 Å². The van der Waals surface area contributed by atoms with Crippen LogP contribution in [-0.4, -0.2) is 41.9 Å². The summed E-state index contributed by atoms with van der Waals surface area (Å²) in [6.45, 7) is 5.35. The smallest absolute Gasteiger partial charge is 0.261 e. The van der Waals surface area contributed by atoms with E-state index in [1.165, 1.54) is 6.07 Å². The average molecular weight is 437 g/mol. The van der Waals surface area contributed by atoms with Crippen LogP contribution in [0.4, 0.5) is 18.9 Å². The van der Waals surface area contributed by atoms with Crippen molar-refractivity contribution in [1.29, 1.82) is 0 Å². The topological polar surface area (TPSA) is 61.4 Å². The van der Waals surface area contributed by atoms with Gasteiger partial charge in [-0.25, -0.2) is 13.2 Å². The Labute approximate surface area is 176 Å². The molecule has 2 N–H and O–H groups in total. The summed E-state index contributed by atoms with van der Waals surface area (Å²) in [5.41, 5.74) is -0.658. The lowest BCUT2D eigenvalue weighted by molar-refractivity contribution is -0.114. The zero-order valence-electron chi connectivity index (χ0n) is 16.6. The third-order valence-electron chi connectivity index (χ3n) is 6.03. The Bertz CT molecular complexity index is 1000. The van der Waals surface area contributed by atoms with E-state index in [2.05, 4.69) is 22.5 Å². The van der Waals surface area contributed by atoms with Gasteiger partial charge in [-0.15, -0.1) is 11.3 Å². The van der Waals surface area contributed by atoms with Gasteiger partial charge < -0.3 is 10.6 Å². The van der Waals surface area contributed by atoms with Crippen LogP contribution in [-0.2, 0) is 4.79 Å². The molecule has 3 saturated heterocycles. The van der Waals surface area contributed by atoms with Gasteiger partial charge in [0.25, 0.3) is 5.91 Å². The molecule has 3 aliphatic rings. The number of amides is 2. The molecule has 5 nitrogen and oxygen atoms in total. The van der Waals surface area contributed by atoms with Gasteiger partial charge in [0.2, 0.25) is 5.91 Å². The van der Waals surface area contributed by atoms with Gasteiger partial charge in [0.05, 0.1) is 10.6 Å². The van der Waals surface area contributed by atoms with Crippen molar-refractivity contribution in [2.75, 3.05) is 18.4 Å². The number of halogens is 3. The second-order valence-corrected chi connectivity index (χ2v) is 8.96. The molecule has 9 heteroatoms. The second kappa shape index (κ2) is 8.03. The van der Waals surface area contributed by atoms with Crippen LogP contribution < -0.4 is 10.6 Å². The molecule has 0 unspecified atom stereocenters. The molecule has 30 heavy (non-hydrogen) atoms. The van der Waals surface area contributed by atoms with Gasteiger partial charge >= 0.3 is 0 Å². The number of fused-ring (bicyclic) bond motifs is 3. The first-order valence-corrected chi connectivity index (χ1v) is 10.7. The number of hydrogen-bond acceptors (Lipinski definition) is 4. The standard InChI is InChI=1S/C21H22F3N3O2S/c1-10-20(12-5-7-27(10)8-6-12)26-21(29)16-4-3-15(30-16)13-9-14(25-11(2)28)18(23)19(24)17(13)22/h3-4,9-10,12,20H,5-8H2,1-2H3,(H,25,28)(H,26,29)/t10-,20-/m0/s1. The fourth-order valence-electron chi connectivity index (χ4n) is 4.44. The van der Waals surface area contributed by atoms with Crippen LogP contribution in [0.25, 0.3) is 10.4 Å². The Morgan fingerprint density at radius 2 is 1.80 bits per heavy atom. The van der Waals surface area contributed by atoms with Gasteiger partial charge in [0.15, 0.2) is 17.5 Å². The fraction of sp³-hybridized carbons (Fsp3) is 0.429. The van der Waals surface area contributed by atoms with Crippen molar-refractivity contribution >= 4 is 28.8 Å². The first-order valence-electron chi connectivity index (χ1n) is 9.86. The molecule has 160 valence electrons. The highest BCUT2D eigenvalue weighted by Crippen LogP contribution is 2.36. The number of thiophene rings is 1. The SMILES string of the molecule is CC(=O)Nc1cc(-c2ccc(C(=O)N[C@@H]3C4CCN(CC4)[C@H]3C)s2)c(F)c(F)c1F. The summed E-state index contributed by atoms with van der Waals surface area (Å²) in [4.78, 5) is 27.0. The summed E-state index contributed by atoms with van der Waals surface area (Å²) < 4.78 is 42.3. The first kappa shape index (κ1) is 20.9. The number of benzene rings is 1. The largest absolute Gasteiger partial charge is 0.347 e. The predicted octanol–water partition coefficient (Wildman–Crippen LogP) is 4.00. The molecule has 0 saturated carbocycles. The Balaban J connectivity index is 1.57. The monoisotopic (exact) mass is 437 g/mol. The van der Waals surface area contributed by atoms with E-state index < -0.39 is 29.0 Å². The molecular weight excluding hydrogens is 415 g/mol. The number of nitrogens with one attached hydrogen (secondary N) is 2. The molecule has 1 aromatic heterocycles. The molecule has 2 atom stereocenters. The second-order valence-electron chi connectivity index (χ2n) is 7.87. The maximum absolute atomic E-state index is 14.4. The molecule has 2 bridgehead atoms.